The molecule has 1 aromatic rings. The molecule has 1 aliphatic carbocycles. The molecule has 3 heteroatoms. The fraction of sp³-hybridized carbons (Fsp3) is 0.588. The fourth-order valence-electron chi connectivity index (χ4n) is 3.23. The summed E-state index contributed by atoms with van der Waals surface area (Å²) in [5, 5.41) is 9.54. The van der Waals surface area contributed by atoms with E-state index in [0.29, 0.717) is 12.6 Å². The highest BCUT2D eigenvalue weighted by Crippen LogP contribution is 2.25. The van der Waals surface area contributed by atoms with Crippen LogP contribution in [0.2, 0.25) is 0 Å². The number of aliphatic carboxylic acids is 1. The van der Waals surface area contributed by atoms with Crippen LogP contribution in [0.4, 0.5) is 0 Å². The summed E-state index contributed by atoms with van der Waals surface area (Å²) in [6.45, 7) is 3.69. The molecule has 0 aliphatic heterocycles. The number of carboxylic acids is 1. The molecule has 110 valence electrons. The first-order valence-electron chi connectivity index (χ1n) is 7.74. The highest BCUT2D eigenvalue weighted by Gasteiger charge is 2.27. The van der Waals surface area contributed by atoms with Crippen molar-refractivity contribution in [3.63, 3.8) is 0 Å². The van der Waals surface area contributed by atoms with Crippen LogP contribution < -0.4 is 0 Å². The van der Waals surface area contributed by atoms with Crippen molar-refractivity contribution in [2.45, 2.75) is 51.0 Å². The molecule has 0 bridgehead atoms. The lowest BCUT2D eigenvalue weighted by atomic mass is 9.92. The maximum Gasteiger partial charge on any atom is 0.312 e. The van der Waals surface area contributed by atoms with Crippen LogP contribution in [0.25, 0.3) is 0 Å². The van der Waals surface area contributed by atoms with E-state index in [0.717, 1.165) is 12.1 Å². The van der Waals surface area contributed by atoms with Gasteiger partial charge in [-0.2, -0.15) is 0 Å². The van der Waals surface area contributed by atoms with Gasteiger partial charge < -0.3 is 5.11 Å². The van der Waals surface area contributed by atoms with Crippen LogP contribution in [-0.4, -0.2) is 35.1 Å². The lowest BCUT2D eigenvalue weighted by Gasteiger charge is -2.35. The minimum absolute atomic E-state index is 0.418. The van der Waals surface area contributed by atoms with Crippen molar-refractivity contribution < 1.29 is 9.90 Å². The Labute approximate surface area is 121 Å². The van der Waals surface area contributed by atoms with Crippen molar-refractivity contribution in [3.8, 4) is 0 Å². The van der Waals surface area contributed by atoms with Gasteiger partial charge in [0.25, 0.3) is 0 Å². The smallest absolute Gasteiger partial charge is 0.312 e. The molecule has 0 radical (unpaired) electrons. The summed E-state index contributed by atoms with van der Waals surface area (Å²) in [6, 6.07) is 10.2. The summed E-state index contributed by atoms with van der Waals surface area (Å²) >= 11 is 0. The van der Waals surface area contributed by atoms with Crippen LogP contribution in [0.1, 0.15) is 50.5 Å². The van der Waals surface area contributed by atoms with Crippen molar-refractivity contribution in [2.24, 2.45) is 0 Å². The Bertz CT molecular complexity index is 412. The molecule has 1 aromatic carbocycles. The molecule has 0 heterocycles. The van der Waals surface area contributed by atoms with E-state index >= 15 is 0 Å². The highest BCUT2D eigenvalue weighted by atomic mass is 16.4. The Morgan fingerprint density at radius 3 is 2.45 bits per heavy atom. The number of likely N-dealkylation sites (N-methyl/N-ethyl adjacent to an activating group) is 1. The molecule has 20 heavy (non-hydrogen) atoms. The third-order valence-electron chi connectivity index (χ3n) is 4.41. The van der Waals surface area contributed by atoms with E-state index < -0.39 is 11.9 Å². The molecule has 2 rings (SSSR count). The van der Waals surface area contributed by atoms with E-state index in [1.54, 1.807) is 0 Å². The number of carboxylic acid groups (broad SMARTS) is 1. The summed E-state index contributed by atoms with van der Waals surface area (Å²) in [7, 11) is 0. The second-order valence-electron chi connectivity index (χ2n) is 5.68. The fourth-order valence-corrected chi connectivity index (χ4v) is 3.23. The first-order chi connectivity index (χ1) is 9.72. The normalized spacial score (nSPS) is 18.1. The third-order valence-corrected chi connectivity index (χ3v) is 4.41. The van der Waals surface area contributed by atoms with Gasteiger partial charge >= 0.3 is 5.97 Å². The average molecular weight is 275 g/mol. The lowest BCUT2D eigenvalue weighted by Crippen LogP contribution is -2.40. The molecule has 1 unspecified atom stereocenters. The predicted octanol–water partition coefficient (Wildman–Crippen LogP) is 3.51. The van der Waals surface area contributed by atoms with Gasteiger partial charge in [0.05, 0.1) is 5.92 Å². The lowest BCUT2D eigenvalue weighted by molar-refractivity contribution is -0.139. The second-order valence-corrected chi connectivity index (χ2v) is 5.68. The van der Waals surface area contributed by atoms with Gasteiger partial charge in [0.2, 0.25) is 0 Å². The van der Waals surface area contributed by atoms with Gasteiger partial charge in [0.15, 0.2) is 0 Å². The Morgan fingerprint density at radius 2 is 1.90 bits per heavy atom. The van der Waals surface area contributed by atoms with E-state index in [1.165, 1.54) is 32.1 Å². The van der Waals surface area contributed by atoms with E-state index in [2.05, 4.69) is 11.8 Å². The van der Waals surface area contributed by atoms with Crippen LogP contribution >= 0.6 is 0 Å². The van der Waals surface area contributed by atoms with Gasteiger partial charge in [-0.25, -0.2) is 0 Å². The summed E-state index contributed by atoms with van der Waals surface area (Å²) in [4.78, 5) is 14.0. The summed E-state index contributed by atoms with van der Waals surface area (Å²) in [5.74, 6) is -1.14. The molecule has 1 atom stereocenters. The number of benzene rings is 1. The number of carbonyl (C=O) groups is 1. The van der Waals surface area contributed by atoms with Crippen molar-refractivity contribution in [1.29, 1.82) is 0 Å². The molecule has 0 saturated heterocycles. The largest absolute Gasteiger partial charge is 0.481 e. The minimum atomic E-state index is -0.717. The zero-order chi connectivity index (χ0) is 14.4. The molecule has 1 saturated carbocycles. The van der Waals surface area contributed by atoms with Gasteiger partial charge in [-0.15, -0.1) is 0 Å². The topological polar surface area (TPSA) is 40.5 Å². The number of rotatable bonds is 6. The van der Waals surface area contributed by atoms with Gasteiger partial charge in [-0.1, -0.05) is 56.5 Å². The number of nitrogens with zero attached hydrogens (tertiary/aromatic N) is 1. The van der Waals surface area contributed by atoms with Crippen molar-refractivity contribution in [2.75, 3.05) is 13.1 Å². The average Bonchev–Trinajstić information content (AvgIpc) is 2.50. The standard InChI is InChI=1S/C17H25NO2/c1-2-18(15-11-7-4-8-12-15)13-16(17(19)20)14-9-5-3-6-10-14/h3,5-6,9-10,15-16H,2,4,7-8,11-13H2,1H3,(H,19,20). The Kier molecular flexibility index (Phi) is 5.60. The Hall–Kier alpha value is -1.35. The van der Waals surface area contributed by atoms with Gasteiger partial charge in [-0.05, 0) is 24.9 Å². The molecular formula is C17H25NO2. The Balaban J connectivity index is 2.08. The number of hydrogen-bond acceptors (Lipinski definition) is 2. The highest BCUT2D eigenvalue weighted by molar-refractivity contribution is 5.76. The van der Waals surface area contributed by atoms with Crippen LogP contribution in [-0.2, 0) is 4.79 Å². The Morgan fingerprint density at radius 1 is 1.25 bits per heavy atom. The first-order valence-corrected chi connectivity index (χ1v) is 7.74. The van der Waals surface area contributed by atoms with Crippen molar-refractivity contribution in [1.82, 2.24) is 4.90 Å². The van der Waals surface area contributed by atoms with Crippen molar-refractivity contribution >= 4 is 5.97 Å². The van der Waals surface area contributed by atoms with E-state index in [9.17, 15) is 9.90 Å². The summed E-state index contributed by atoms with van der Waals surface area (Å²) in [5.41, 5.74) is 0.911. The molecule has 0 spiro atoms. The molecule has 1 fully saturated rings. The van der Waals surface area contributed by atoms with Crippen LogP contribution in [0.5, 0.6) is 0 Å². The molecule has 1 aliphatic rings. The molecule has 1 N–H and O–H groups in total. The zero-order valence-corrected chi connectivity index (χ0v) is 12.3. The van der Waals surface area contributed by atoms with Gasteiger partial charge in [0, 0.05) is 12.6 Å². The maximum absolute atomic E-state index is 11.6. The molecule has 0 aromatic heterocycles. The van der Waals surface area contributed by atoms with Crippen LogP contribution in [0, 0.1) is 0 Å². The summed E-state index contributed by atoms with van der Waals surface area (Å²) < 4.78 is 0. The van der Waals surface area contributed by atoms with Gasteiger partial charge in [-0.3, -0.25) is 9.69 Å². The SMILES string of the molecule is CCN(CC(C(=O)O)c1ccccc1)C1CCCCC1. The molecule has 0 amide bonds. The third kappa shape index (κ3) is 3.83. The minimum Gasteiger partial charge on any atom is -0.481 e. The van der Waals surface area contributed by atoms with Crippen LogP contribution in [0.15, 0.2) is 30.3 Å². The molecule has 3 nitrogen and oxygen atoms in total. The maximum atomic E-state index is 11.6. The van der Waals surface area contributed by atoms with Crippen LogP contribution in [0.3, 0.4) is 0 Å². The van der Waals surface area contributed by atoms with Gasteiger partial charge in [0.1, 0.15) is 0 Å². The first kappa shape index (κ1) is 15.0. The van der Waals surface area contributed by atoms with E-state index in [4.69, 9.17) is 0 Å². The zero-order valence-electron chi connectivity index (χ0n) is 12.3. The number of hydrogen-bond donors (Lipinski definition) is 1. The monoisotopic (exact) mass is 275 g/mol. The molecular weight excluding hydrogens is 250 g/mol. The van der Waals surface area contributed by atoms with E-state index in [-0.39, 0.29) is 0 Å². The summed E-state index contributed by atoms with van der Waals surface area (Å²) in [6.07, 6.45) is 6.33. The van der Waals surface area contributed by atoms with E-state index in [1.807, 2.05) is 30.3 Å². The van der Waals surface area contributed by atoms with Crippen molar-refractivity contribution in [3.05, 3.63) is 35.9 Å². The quantitative estimate of drug-likeness (QED) is 0.863. The predicted molar refractivity (Wildman–Crippen MR) is 80.9 cm³/mol. The second kappa shape index (κ2) is 7.44.